The standard InChI is InChI=1S/C23H24N2O3S/c1-16-12-25(13-22(28-16)18-6-4-3-5-7-18)23(26)19-8-10-21(11-9-19)27-14-20-15-29-17(2)24-20/h3-11,15-16,22H,12-14H2,1-2H3. The zero-order valence-electron chi connectivity index (χ0n) is 16.6. The minimum Gasteiger partial charge on any atom is -0.487 e. The zero-order chi connectivity index (χ0) is 20.2. The first kappa shape index (κ1) is 19.6. The molecular formula is C23H24N2O3S. The molecule has 2 unspecified atom stereocenters. The van der Waals surface area contributed by atoms with Gasteiger partial charge >= 0.3 is 0 Å². The summed E-state index contributed by atoms with van der Waals surface area (Å²) in [5, 5.41) is 3.02. The second-order valence-corrected chi connectivity index (χ2v) is 8.29. The van der Waals surface area contributed by atoms with Crippen LogP contribution in [-0.2, 0) is 11.3 Å². The Morgan fingerprint density at radius 1 is 1.17 bits per heavy atom. The van der Waals surface area contributed by atoms with Crippen molar-refractivity contribution in [2.24, 2.45) is 0 Å². The van der Waals surface area contributed by atoms with E-state index < -0.39 is 0 Å². The van der Waals surface area contributed by atoms with E-state index in [0.717, 1.165) is 22.0 Å². The highest BCUT2D eigenvalue weighted by Gasteiger charge is 2.29. The minimum absolute atomic E-state index is 0.0120. The van der Waals surface area contributed by atoms with Gasteiger partial charge in [0.2, 0.25) is 0 Å². The van der Waals surface area contributed by atoms with Crippen LogP contribution in [0.3, 0.4) is 0 Å². The van der Waals surface area contributed by atoms with Crippen LogP contribution in [0.4, 0.5) is 0 Å². The number of benzene rings is 2. The third kappa shape index (κ3) is 4.83. The molecule has 0 saturated carbocycles. The lowest BCUT2D eigenvalue weighted by atomic mass is 10.1. The van der Waals surface area contributed by atoms with Crippen LogP contribution in [0.25, 0.3) is 0 Å². The number of nitrogens with zero attached hydrogens (tertiary/aromatic N) is 2. The van der Waals surface area contributed by atoms with Crippen LogP contribution in [0, 0.1) is 6.92 Å². The van der Waals surface area contributed by atoms with Crippen molar-refractivity contribution in [3.63, 3.8) is 0 Å². The van der Waals surface area contributed by atoms with Crippen molar-refractivity contribution in [2.75, 3.05) is 13.1 Å². The van der Waals surface area contributed by atoms with Crippen LogP contribution in [0.5, 0.6) is 5.75 Å². The van der Waals surface area contributed by atoms with Gasteiger partial charge in [0.15, 0.2) is 0 Å². The number of aryl methyl sites for hydroxylation is 1. The van der Waals surface area contributed by atoms with Gasteiger partial charge in [-0.3, -0.25) is 4.79 Å². The van der Waals surface area contributed by atoms with Crippen molar-refractivity contribution < 1.29 is 14.3 Å². The maximum absolute atomic E-state index is 13.0. The van der Waals surface area contributed by atoms with Gasteiger partial charge in [-0.2, -0.15) is 0 Å². The van der Waals surface area contributed by atoms with E-state index in [-0.39, 0.29) is 18.1 Å². The van der Waals surface area contributed by atoms with E-state index in [1.165, 1.54) is 0 Å². The topological polar surface area (TPSA) is 51.7 Å². The molecule has 1 amide bonds. The molecule has 0 spiro atoms. The number of hydrogen-bond donors (Lipinski definition) is 0. The van der Waals surface area contributed by atoms with Gasteiger partial charge in [-0.1, -0.05) is 30.3 Å². The summed E-state index contributed by atoms with van der Waals surface area (Å²) in [6.07, 6.45) is -0.116. The molecule has 2 heterocycles. The van der Waals surface area contributed by atoms with Gasteiger partial charge in [0.1, 0.15) is 18.5 Å². The van der Waals surface area contributed by atoms with E-state index in [1.54, 1.807) is 11.3 Å². The summed E-state index contributed by atoms with van der Waals surface area (Å²) in [5.41, 5.74) is 2.67. The summed E-state index contributed by atoms with van der Waals surface area (Å²) >= 11 is 1.61. The molecule has 0 radical (unpaired) electrons. The molecule has 3 aromatic rings. The number of carbonyl (C=O) groups is 1. The molecule has 6 heteroatoms. The third-order valence-electron chi connectivity index (χ3n) is 4.87. The van der Waals surface area contributed by atoms with Crippen molar-refractivity contribution in [3.8, 4) is 5.75 Å². The van der Waals surface area contributed by atoms with Crippen LogP contribution >= 0.6 is 11.3 Å². The summed E-state index contributed by atoms with van der Waals surface area (Å²) in [7, 11) is 0. The highest BCUT2D eigenvalue weighted by molar-refractivity contribution is 7.09. The number of rotatable bonds is 5. The fraction of sp³-hybridized carbons (Fsp3) is 0.304. The van der Waals surface area contributed by atoms with E-state index in [9.17, 15) is 4.79 Å². The molecule has 4 rings (SSSR count). The number of ether oxygens (including phenoxy) is 2. The van der Waals surface area contributed by atoms with Gasteiger partial charge in [0.25, 0.3) is 5.91 Å². The summed E-state index contributed by atoms with van der Waals surface area (Å²) in [5.74, 6) is 0.743. The van der Waals surface area contributed by atoms with Gasteiger partial charge < -0.3 is 14.4 Å². The average molecular weight is 409 g/mol. The van der Waals surface area contributed by atoms with Crippen LogP contribution in [0.1, 0.15) is 39.7 Å². The molecule has 29 heavy (non-hydrogen) atoms. The highest BCUT2D eigenvalue weighted by Crippen LogP contribution is 2.26. The molecule has 1 saturated heterocycles. The molecule has 0 bridgehead atoms. The largest absolute Gasteiger partial charge is 0.487 e. The summed E-state index contributed by atoms with van der Waals surface area (Å²) in [4.78, 5) is 19.3. The zero-order valence-corrected chi connectivity index (χ0v) is 17.4. The Labute approximate surface area is 174 Å². The van der Waals surface area contributed by atoms with E-state index in [0.29, 0.717) is 25.3 Å². The molecule has 150 valence electrons. The van der Waals surface area contributed by atoms with Crippen molar-refractivity contribution in [3.05, 3.63) is 81.8 Å². The lowest BCUT2D eigenvalue weighted by Crippen LogP contribution is -2.45. The molecule has 1 aromatic heterocycles. The predicted octanol–water partition coefficient (Wildman–Crippen LogP) is 4.63. The quantitative estimate of drug-likeness (QED) is 0.618. The maximum atomic E-state index is 13.0. The van der Waals surface area contributed by atoms with E-state index in [2.05, 4.69) is 4.98 Å². The first-order chi connectivity index (χ1) is 14.1. The number of morpholine rings is 1. The van der Waals surface area contributed by atoms with E-state index in [4.69, 9.17) is 9.47 Å². The molecule has 0 N–H and O–H groups in total. The second-order valence-electron chi connectivity index (χ2n) is 7.23. The number of carbonyl (C=O) groups excluding carboxylic acids is 1. The van der Waals surface area contributed by atoms with Crippen LogP contribution in [0.2, 0.25) is 0 Å². The van der Waals surface area contributed by atoms with Crippen molar-refractivity contribution in [2.45, 2.75) is 32.7 Å². The fourth-order valence-electron chi connectivity index (χ4n) is 3.48. The Hall–Kier alpha value is -2.70. The van der Waals surface area contributed by atoms with Crippen molar-refractivity contribution >= 4 is 17.2 Å². The normalized spacial score (nSPS) is 19.2. The monoisotopic (exact) mass is 408 g/mol. The summed E-state index contributed by atoms with van der Waals surface area (Å²) in [6.45, 7) is 5.55. The fourth-order valence-corrected chi connectivity index (χ4v) is 4.07. The molecule has 5 nitrogen and oxygen atoms in total. The van der Waals surface area contributed by atoms with Gasteiger partial charge in [-0.15, -0.1) is 11.3 Å². The van der Waals surface area contributed by atoms with Crippen LogP contribution in [-0.4, -0.2) is 35.0 Å². The van der Waals surface area contributed by atoms with Crippen molar-refractivity contribution in [1.82, 2.24) is 9.88 Å². The number of hydrogen-bond acceptors (Lipinski definition) is 5. The third-order valence-corrected chi connectivity index (χ3v) is 5.70. The number of amides is 1. The van der Waals surface area contributed by atoms with Gasteiger partial charge in [0.05, 0.1) is 23.4 Å². The first-order valence-corrected chi connectivity index (χ1v) is 10.6. The Balaban J connectivity index is 1.40. The second kappa shape index (κ2) is 8.76. The Morgan fingerprint density at radius 3 is 2.62 bits per heavy atom. The number of thiazole rings is 1. The highest BCUT2D eigenvalue weighted by atomic mass is 32.1. The van der Waals surface area contributed by atoms with Crippen LogP contribution in [0.15, 0.2) is 60.0 Å². The van der Waals surface area contributed by atoms with Gasteiger partial charge in [-0.25, -0.2) is 4.98 Å². The maximum Gasteiger partial charge on any atom is 0.254 e. The number of aromatic nitrogens is 1. The Kier molecular flexibility index (Phi) is 5.92. The molecule has 1 aliphatic heterocycles. The van der Waals surface area contributed by atoms with Gasteiger partial charge in [-0.05, 0) is 43.7 Å². The lowest BCUT2D eigenvalue weighted by molar-refractivity contribution is -0.0691. The summed E-state index contributed by atoms with van der Waals surface area (Å²) in [6, 6.07) is 17.4. The van der Waals surface area contributed by atoms with E-state index >= 15 is 0 Å². The molecule has 0 aliphatic carbocycles. The molecule has 2 atom stereocenters. The van der Waals surface area contributed by atoms with E-state index in [1.807, 2.05) is 78.7 Å². The average Bonchev–Trinajstić information content (AvgIpc) is 3.17. The Morgan fingerprint density at radius 2 is 1.93 bits per heavy atom. The SMILES string of the molecule is Cc1nc(COc2ccc(C(=O)N3CC(C)OC(c4ccccc4)C3)cc2)cs1. The molecular weight excluding hydrogens is 384 g/mol. The minimum atomic E-state index is -0.104. The van der Waals surface area contributed by atoms with Crippen LogP contribution < -0.4 is 4.74 Å². The predicted molar refractivity (Wildman–Crippen MR) is 113 cm³/mol. The first-order valence-electron chi connectivity index (χ1n) is 9.72. The van der Waals surface area contributed by atoms with Gasteiger partial charge in [0, 0.05) is 17.5 Å². The molecule has 1 aliphatic rings. The Bertz CT molecular complexity index is 956. The molecule has 1 fully saturated rings. The molecule has 2 aromatic carbocycles. The van der Waals surface area contributed by atoms with Crippen molar-refractivity contribution in [1.29, 1.82) is 0 Å². The smallest absolute Gasteiger partial charge is 0.254 e. The summed E-state index contributed by atoms with van der Waals surface area (Å²) < 4.78 is 11.8. The lowest BCUT2D eigenvalue weighted by Gasteiger charge is -2.37.